The maximum Gasteiger partial charge on any atom is 0.244 e. The number of carbonyl (C=O) groups excluding carboxylic acids is 1. The number of nitrogens with one attached hydrogen (secondary N) is 1. The average Bonchev–Trinajstić information content (AvgIpc) is 3.35. The van der Waals surface area contributed by atoms with Crippen molar-refractivity contribution in [3.8, 4) is 17.2 Å². The number of nitrogens with zero attached hydrogens (tertiary/aromatic N) is 4. The molecule has 0 aliphatic carbocycles. The number of benzene rings is 2. The summed E-state index contributed by atoms with van der Waals surface area (Å²) in [6, 6.07) is 8.59. The maximum absolute atomic E-state index is 13.4. The van der Waals surface area contributed by atoms with Gasteiger partial charge in [0.25, 0.3) is 0 Å². The van der Waals surface area contributed by atoms with E-state index in [9.17, 15) is 13.6 Å². The highest BCUT2D eigenvalue weighted by atomic mass is 19.2. The molecule has 0 radical (unpaired) electrons. The Kier molecular flexibility index (Phi) is 4.67. The molecule has 8 nitrogen and oxygen atoms in total. The Labute approximate surface area is 157 Å². The number of hydrogen-bond donors (Lipinski definition) is 1. The summed E-state index contributed by atoms with van der Waals surface area (Å²) < 4.78 is 38.2. The second-order valence-electron chi connectivity index (χ2n) is 5.77. The quantitative estimate of drug-likeness (QED) is 0.676. The van der Waals surface area contributed by atoms with Gasteiger partial charge in [-0.3, -0.25) is 4.79 Å². The molecule has 1 aliphatic heterocycles. The molecule has 0 spiro atoms. The maximum atomic E-state index is 13.4. The second-order valence-corrected chi connectivity index (χ2v) is 5.77. The van der Waals surface area contributed by atoms with E-state index in [0.29, 0.717) is 11.5 Å². The topological polar surface area (TPSA) is 91.2 Å². The smallest absolute Gasteiger partial charge is 0.244 e. The molecule has 0 fully saturated rings. The first-order valence-electron chi connectivity index (χ1n) is 8.18. The lowest BCUT2D eigenvalue weighted by molar-refractivity contribution is -0.116. The number of hydrogen-bond acceptors (Lipinski definition) is 6. The summed E-state index contributed by atoms with van der Waals surface area (Å²) >= 11 is 0. The van der Waals surface area contributed by atoms with Gasteiger partial charge in [-0.15, -0.1) is 5.10 Å². The number of fused-ring (bicyclic) bond motifs is 1. The molecule has 4 rings (SSSR count). The van der Waals surface area contributed by atoms with E-state index in [-0.39, 0.29) is 30.8 Å². The van der Waals surface area contributed by atoms with Gasteiger partial charge >= 0.3 is 0 Å². The van der Waals surface area contributed by atoms with Crippen LogP contribution in [-0.4, -0.2) is 32.9 Å². The van der Waals surface area contributed by atoms with Crippen LogP contribution < -0.4 is 14.8 Å². The van der Waals surface area contributed by atoms with Crippen LogP contribution in [0, 0.1) is 11.6 Å². The third-order valence-electron chi connectivity index (χ3n) is 3.93. The summed E-state index contributed by atoms with van der Waals surface area (Å²) in [5, 5.41) is 13.7. The monoisotopic (exact) mass is 385 g/mol. The van der Waals surface area contributed by atoms with Crippen molar-refractivity contribution in [1.29, 1.82) is 0 Å². The normalized spacial score (nSPS) is 12.5. The molecule has 0 unspecified atom stereocenters. The molecular formula is C18H13F2N5O3. The molecular weight excluding hydrogens is 372 g/mol. The highest BCUT2D eigenvalue weighted by molar-refractivity contribution is 5.91. The van der Waals surface area contributed by atoms with Crippen molar-refractivity contribution < 1.29 is 23.0 Å². The molecule has 142 valence electrons. The first-order valence-corrected chi connectivity index (χ1v) is 8.18. The fourth-order valence-electron chi connectivity index (χ4n) is 2.55. The van der Waals surface area contributed by atoms with E-state index >= 15 is 0 Å². The van der Waals surface area contributed by atoms with Crippen LogP contribution in [0.4, 0.5) is 8.78 Å². The van der Waals surface area contributed by atoms with Crippen LogP contribution in [0.3, 0.4) is 0 Å². The number of carbonyl (C=O) groups is 1. The molecule has 10 heteroatoms. The highest BCUT2D eigenvalue weighted by Crippen LogP contribution is 2.32. The van der Waals surface area contributed by atoms with E-state index in [2.05, 4.69) is 20.8 Å². The molecule has 1 amide bonds. The first-order chi connectivity index (χ1) is 13.6. The van der Waals surface area contributed by atoms with Crippen molar-refractivity contribution in [3.05, 3.63) is 65.5 Å². The van der Waals surface area contributed by atoms with Gasteiger partial charge in [-0.05, 0) is 46.3 Å². The molecule has 1 aliphatic rings. The van der Waals surface area contributed by atoms with Crippen LogP contribution in [-0.2, 0) is 11.3 Å². The van der Waals surface area contributed by atoms with E-state index in [0.717, 1.165) is 17.7 Å². The minimum Gasteiger partial charge on any atom is -0.454 e. The zero-order valence-electron chi connectivity index (χ0n) is 14.3. The largest absolute Gasteiger partial charge is 0.454 e. The molecule has 2 aromatic carbocycles. The number of ether oxygens (including phenoxy) is 2. The zero-order chi connectivity index (χ0) is 19.5. The minimum absolute atomic E-state index is 0.00366. The molecule has 0 atom stereocenters. The van der Waals surface area contributed by atoms with E-state index < -0.39 is 11.6 Å². The van der Waals surface area contributed by atoms with Crippen molar-refractivity contribution in [2.75, 3.05) is 6.79 Å². The lowest BCUT2D eigenvalue weighted by Gasteiger charge is -2.05. The summed E-state index contributed by atoms with van der Waals surface area (Å²) in [7, 11) is 0. The summed E-state index contributed by atoms with van der Waals surface area (Å²) in [5.41, 5.74) is 1.01. The van der Waals surface area contributed by atoms with Crippen LogP contribution in [0.1, 0.15) is 11.4 Å². The van der Waals surface area contributed by atoms with Crippen molar-refractivity contribution in [2.45, 2.75) is 6.54 Å². The molecule has 1 aromatic heterocycles. The van der Waals surface area contributed by atoms with E-state index in [1.165, 1.54) is 16.8 Å². The van der Waals surface area contributed by atoms with Gasteiger partial charge in [0.05, 0.1) is 12.2 Å². The lowest BCUT2D eigenvalue weighted by atomic mass is 10.2. The zero-order valence-corrected chi connectivity index (χ0v) is 14.3. The van der Waals surface area contributed by atoms with Gasteiger partial charge < -0.3 is 14.8 Å². The van der Waals surface area contributed by atoms with Gasteiger partial charge in [-0.25, -0.2) is 8.78 Å². The fourth-order valence-corrected chi connectivity index (χ4v) is 2.55. The number of halogens is 2. The molecule has 28 heavy (non-hydrogen) atoms. The molecule has 3 aromatic rings. The Balaban J connectivity index is 1.40. The molecule has 0 bridgehead atoms. The number of amides is 1. The summed E-state index contributed by atoms with van der Waals surface area (Å²) in [4.78, 5) is 12.1. The van der Waals surface area contributed by atoms with Gasteiger partial charge in [0.1, 0.15) is 0 Å². The predicted molar refractivity (Wildman–Crippen MR) is 92.5 cm³/mol. The van der Waals surface area contributed by atoms with Crippen LogP contribution in [0.15, 0.2) is 42.5 Å². The van der Waals surface area contributed by atoms with Gasteiger partial charge in [0.15, 0.2) is 29.0 Å². The van der Waals surface area contributed by atoms with E-state index in [1.807, 2.05) is 0 Å². The predicted octanol–water partition coefficient (Wildman–Crippen LogP) is 2.00. The van der Waals surface area contributed by atoms with Crippen molar-refractivity contribution in [1.82, 2.24) is 25.5 Å². The summed E-state index contributed by atoms with van der Waals surface area (Å²) in [6.45, 7) is 0.173. The summed E-state index contributed by atoms with van der Waals surface area (Å²) in [6.07, 6.45) is 2.97. The average molecular weight is 385 g/mol. The van der Waals surface area contributed by atoms with Gasteiger partial charge in [0.2, 0.25) is 12.7 Å². The van der Waals surface area contributed by atoms with Crippen molar-refractivity contribution in [3.63, 3.8) is 0 Å². The Bertz CT molecular complexity index is 1070. The first kappa shape index (κ1) is 17.6. The molecule has 2 heterocycles. The Hall–Kier alpha value is -3.82. The third-order valence-corrected chi connectivity index (χ3v) is 3.93. The number of aromatic nitrogens is 4. The van der Waals surface area contributed by atoms with E-state index in [4.69, 9.17) is 9.47 Å². The van der Waals surface area contributed by atoms with Crippen LogP contribution in [0.25, 0.3) is 11.8 Å². The van der Waals surface area contributed by atoms with Crippen molar-refractivity contribution in [2.24, 2.45) is 0 Å². The Morgan fingerprint density at radius 2 is 2.00 bits per heavy atom. The van der Waals surface area contributed by atoms with Gasteiger partial charge in [0, 0.05) is 12.1 Å². The van der Waals surface area contributed by atoms with Crippen LogP contribution in [0.5, 0.6) is 11.5 Å². The third kappa shape index (κ3) is 3.65. The number of rotatable bonds is 5. The van der Waals surface area contributed by atoms with E-state index in [1.54, 1.807) is 24.3 Å². The van der Waals surface area contributed by atoms with Gasteiger partial charge in [-0.2, -0.15) is 4.68 Å². The minimum atomic E-state index is -1.02. The summed E-state index contributed by atoms with van der Waals surface area (Å²) in [5.74, 6) is -0.831. The molecule has 1 N–H and O–H groups in total. The number of tetrazole rings is 1. The van der Waals surface area contributed by atoms with Crippen LogP contribution >= 0.6 is 0 Å². The van der Waals surface area contributed by atoms with Gasteiger partial charge in [-0.1, -0.05) is 6.07 Å². The standard InChI is InChI=1S/C18H13F2N5O3/c19-13-4-3-12(8-14(13)20)25-17(22-23-24-25)9-21-18(26)6-2-11-1-5-15-16(7-11)28-10-27-15/h1-8H,9-10H2,(H,21,26)/b6-2+. The van der Waals surface area contributed by atoms with Crippen molar-refractivity contribution >= 4 is 12.0 Å². The Morgan fingerprint density at radius 3 is 2.86 bits per heavy atom. The second kappa shape index (κ2) is 7.43. The Morgan fingerprint density at radius 1 is 1.14 bits per heavy atom. The SMILES string of the molecule is O=C(/C=C/c1ccc2c(c1)OCO2)NCc1nnnn1-c1ccc(F)c(F)c1. The fraction of sp³-hybridized carbons (Fsp3) is 0.111. The molecule has 0 saturated heterocycles. The lowest BCUT2D eigenvalue weighted by Crippen LogP contribution is -2.22. The van der Waals surface area contributed by atoms with Crippen LogP contribution in [0.2, 0.25) is 0 Å². The molecule has 0 saturated carbocycles. The highest BCUT2D eigenvalue weighted by Gasteiger charge is 2.13.